The van der Waals surface area contributed by atoms with Crippen LogP contribution in [-0.4, -0.2) is 9.78 Å². The second-order valence-electron chi connectivity index (χ2n) is 3.56. The lowest BCUT2D eigenvalue weighted by atomic mass is 10.3. The van der Waals surface area contributed by atoms with Crippen molar-refractivity contribution in [3.8, 4) is 5.69 Å². The first-order valence-electron chi connectivity index (χ1n) is 4.78. The van der Waals surface area contributed by atoms with E-state index >= 15 is 0 Å². The van der Waals surface area contributed by atoms with Crippen LogP contribution in [0.4, 0.5) is 17.6 Å². The molecule has 1 heterocycles. The van der Waals surface area contributed by atoms with Crippen molar-refractivity contribution in [2.24, 2.45) is 0 Å². The highest BCUT2D eigenvalue weighted by molar-refractivity contribution is 5.34. The number of alkyl halides is 3. The van der Waals surface area contributed by atoms with Crippen LogP contribution in [0.2, 0.25) is 0 Å². The smallest absolute Gasteiger partial charge is 0.228 e. The van der Waals surface area contributed by atoms with Crippen LogP contribution in [0.5, 0.6) is 0 Å². The number of halogens is 4. The predicted molar refractivity (Wildman–Crippen MR) is 53.3 cm³/mol. The highest BCUT2D eigenvalue weighted by atomic mass is 19.4. The summed E-state index contributed by atoms with van der Waals surface area (Å²) in [7, 11) is 0. The third-order valence-electron chi connectivity index (χ3n) is 2.19. The van der Waals surface area contributed by atoms with Crippen molar-refractivity contribution in [1.82, 2.24) is 9.78 Å². The minimum Gasteiger partial charge on any atom is -0.228 e. The summed E-state index contributed by atoms with van der Waals surface area (Å²) in [5, 5.41) is 3.75. The third-order valence-corrected chi connectivity index (χ3v) is 2.19. The van der Waals surface area contributed by atoms with Crippen molar-refractivity contribution >= 4 is 0 Å². The lowest BCUT2D eigenvalue weighted by molar-refractivity contribution is -0.142. The van der Waals surface area contributed by atoms with Gasteiger partial charge in [0, 0.05) is 0 Å². The van der Waals surface area contributed by atoms with Crippen LogP contribution in [0, 0.1) is 12.7 Å². The van der Waals surface area contributed by atoms with Gasteiger partial charge in [0.2, 0.25) is 0 Å². The number of aromatic nitrogens is 2. The van der Waals surface area contributed by atoms with Gasteiger partial charge in [0.1, 0.15) is 11.5 Å². The van der Waals surface area contributed by atoms with E-state index in [-0.39, 0.29) is 11.4 Å². The highest BCUT2D eigenvalue weighted by Crippen LogP contribution is 2.31. The molecule has 0 atom stereocenters. The quantitative estimate of drug-likeness (QED) is 0.703. The predicted octanol–water partition coefficient (Wildman–Crippen LogP) is 3.34. The van der Waals surface area contributed by atoms with E-state index in [0.29, 0.717) is 0 Å². The fourth-order valence-electron chi connectivity index (χ4n) is 1.48. The van der Waals surface area contributed by atoms with E-state index in [9.17, 15) is 17.6 Å². The van der Waals surface area contributed by atoms with Gasteiger partial charge >= 0.3 is 6.18 Å². The maximum atomic E-state index is 12.7. The summed E-state index contributed by atoms with van der Waals surface area (Å²) in [6.45, 7) is 1.47. The van der Waals surface area contributed by atoms with Gasteiger partial charge in [-0.2, -0.15) is 18.3 Å². The molecule has 0 aliphatic rings. The Morgan fingerprint density at radius 3 is 2.24 bits per heavy atom. The molecular formula is C11H8F4N2. The molecular weight excluding hydrogens is 236 g/mol. The van der Waals surface area contributed by atoms with Crippen LogP contribution in [0.15, 0.2) is 30.3 Å². The molecule has 2 nitrogen and oxygen atoms in total. The van der Waals surface area contributed by atoms with Crippen molar-refractivity contribution in [2.75, 3.05) is 0 Å². The molecule has 0 aliphatic heterocycles. The van der Waals surface area contributed by atoms with Crippen LogP contribution in [0.1, 0.15) is 11.4 Å². The standard InChI is InChI=1S/C11H8F4N2/c1-7-6-10(11(13,14)15)17(16-7)9-4-2-8(12)3-5-9/h2-6H,1H3. The zero-order valence-electron chi connectivity index (χ0n) is 8.79. The van der Waals surface area contributed by atoms with Gasteiger partial charge in [0.05, 0.1) is 11.4 Å². The molecule has 0 fully saturated rings. The van der Waals surface area contributed by atoms with Gasteiger partial charge in [0.15, 0.2) is 0 Å². The van der Waals surface area contributed by atoms with Gasteiger partial charge in [-0.1, -0.05) is 0 Å². The molecule has 2 aromatic rings. The van der Waals surface area contributed by atoms with Crippen LogP contribution >= 0.6 is 0 Å². The van der Waals surface area contributed by atoms with E-state index in [1.807, 2.05) is 0 Å². The van der Waals surface area contributed by atoms with E-state index in [1.165, 1.54) is 19.1 Å². The second kappa shape index (κ2) is 3.87. The fraction of sp³-hybridized carbons (Fsp3) is 0.182. The minimum atomic E-state index is -4.49. The Morgan fingerprint density at radius 1 is 1.12 bits per heavy atom. The zero-order valence-corrected chi connectivity index (χ0v) is 8.79. The van der Waals surface area contributed by atoms with Crippen molar-refractivity contribution in [1.29, 1.82) is 0 Å². The lowest BCUT2D eigenvalue weighted by Crippen LogP contribution is -2.13. The van der Waals surface area contributed by atoms with Gasteiger partial charge < -0.3 is 0 Å². The van der Waals surface area contributed by atoms with Gasteiger partial charge in [-0.05, 0) is 37.3 Å². The Balaban J connectivity index is 2.55. The Kier molecular flexibility index (Phi) is 2.65. The molecule has 2 rings (SSSR count). The first-order chi connectivity index (χ1) is 7.88. The molecule has 0 amide bonds. The monoisotopic (exact) mass is 244 g/mol. The first kappa shape index (κ1) is 11.6. The largest absolute Gasteiger partial charge is 0.433 e. The molecule has 0 saturated heterocycles. The van der Waals surface area contributed by atoms with Gasteiger partial charge in [-0.25, -0.2) is 9.07 Å². The number of hydrogen-bond donors (Lipinski definition) is 0. The molecule has 6 heteroatoms. The van der Waals surface area contributed by atoms with Gasteiger partial charge in [-0.3, -0.25) is 0 Å². The summed E-state index contributed by atoms with van der Waals surface area (Å²) in [4.78, 5) is 0. The molecule has 0 bridgehead atoms. The Morgan fingerprint density at radius 2 is 1.71 bits per heavy atom. The average molecular weight is 244 g/mol. The van der Waals surface area contributed by atoms with Crippen LogP contribution < -0.4 is 0 Å². The SMILES string of the molecule is Cc1cc(C(F)(F)F)n(-c2ccc(F)cc2)n1. The summed E-state index contributed by atoms with van der Waals surface area (Å²) in [6, 6.07) is 5.62. The molecule has 0 N–H and O–H groups in total. The average Bonchev–Trinajstić information content (AvgIpc) is 2.61. The minimum absolute atomic E-state index is 0.173. The summed E-state index contributed by atoms with van der Waals surface area (Å²) < 4.78 is 51.5. The molecule has 0 saturated carbocycles. The molecule has 0 spiro atoms. The lowest BCUT2D eigenvalue weighted by Gasteiger charge is -2.09. The van der Waals surface area contributed by atoms with E-state index in [4.69, 9.17) is 0 Å². The highest BCUT2D eigenvalue weighted by Gasteiger charge is 2.35. The third kappa shape index (κ3) is 2.30. The van der Waals surface area contributed by atoms with Crippen LogP contribution in [0.25, 0.3) is 5.69 Å². The Labute approximate surface area is 94.5 Å². The van der Waals surface area contributed by atoms with Gasteiger partial charge in [-0.15, -0.1) is 0 Å². The van der Waals surface area contributed by atoms with Crippen LogP contribution in [-0.2, 0) is 6.18 Å². The normalized spacial score (nSPS) is 11.8. The summed E-state index contributed by atoms with van der Waals surface area (Å²) >= 11 is 0. The number of nitrogens with zero attached hydrogens (tertiary/aromatic N) is 2. The topological polar surface area (TPSA) is 17.8 Å². The molecule has 1 aromatic carbocycles. The maximum absolute atomic E-state index is 12.7. The fourth-order valence-corrected chi connectivity index (χ4v) is 1.48. The zero-order chi connectivity index (χ0) is 12.6. The van der Waals surface area contributed by atoms with Crippen LogP contribution in [0.3, 0.4) is 0 Å². The number of aryl methyl sites for hydroxylation is 1. The summed E-state index contributed by atoms with van der Waals surface area (Å²) in [5.74, 6) is -0.508. The summed E-state index contributed by atoms with van der Waals surface area (Å²) in [6.07, 6.45) is -4.49. The number of benzene rings is 1. The van der Waals surface area contributed by atoms with E-state index in [0.717, 1.165) is 22.9 Å². The van der Waals surface area contributed by atoms with E-state index in [1.54, 1.807) is 0 Å². The molecule has 0 unspecified atom stereocenters. The summed E-state index contributed by atoms with van der Waals surface area (Å²) in [5.41, 5.74) is -0.449. The Hall–Kier alpha value is -1.85. The van der Waals surface area contributed by atoms with Crippen molar-refractivity contribution < 1.29 is 17.6 Å². The molecule has 90 valence electrons. The first-order valence-corrected chi connectivity index (χ1v) is 4.78. The molecule has 1 aromatic heterocycles. The molecule has 0 aliphatic carbocycles. The Bertz CT molecular complexity index is 525. The van der Waals surface area contributed by atoms with Crippen molar-refractivity contribution in [3.05, 3.63) is 47.5 Å². The maximum Gasteiger partial charge on any atom is 0.433 e. The molecule has 17 heavy (non-hydrogen) atoms. The van der Waals surface area contributed by atoms with Gasteiger partial charge in [0.25, 0.3) is 0 Å². The molecule has 0 radical (unpaired) electrons. The van der Waals surface area contributed by atoms with E-state index < -0.39 is 17.7 Å². The number of rotatable bonds is 1. The number of hydrogen-bond acceptors (Lipinski definition) is 1. The van der Waals surface area contributed by atoms with E-state index in [2.05, 4.69) is 5.10 Å². The van der Waals surface area contributed by atoms with Crippen molar-refractivity contribution in [3.63, 3.8) is 0 Å². The van der Waals surface area contributed by atoms with Crippen molar-refractivity contribution in [2.45, 2.75) is 13.1 Å². The second-order valence-corrected chi connectivity index (χ2v) is 3.56.